The van der Waals surface area contributed by atoms with Crippen LogP contribution in [0.3, 0.4) is 0 Å². The highest BCUT2D eigenvalue weighted by Crippen LogP contribution is 2.19. The van der Waals surface area contributed by atoms with E-state index in [1.54, 1.807) is 0 Å². The van der Waals surface area contributed by atoms with E-state index >= 15 is 0 Å². The van der Waals surface area contributed by atoms with E-state index in [-0.39, 0.29) is 0 Å². The molecule has 1 aromatic heterocycles. The minimum Gasteiger partial charge on any atom is -0.381 e. The predicted octanol–water partition coefficient (Wildman–Crippen LogP) is 2.21. The molecule has 1 fully saturated rings. The molecule has 0 aromatic carbocycles. The Kier molecular flexibility index (Phi) is 4.53. The molecule has 1 aromatic rings. The van der Waals surface area contributed by atoms with Crippen LogP contribution in [0.5, 0.6) is 0 Å². The maximum Gasteiger partial charge on any atom is 0.132 e. The molecule has 2 heterocycles. The first-order valence-corrected chi connectivity index (χ1v) is 6.82. The van der Waals surface area contributed by atoms with Crippen LogP contribution >= 0.6 is 0 Å². The van der Waals surface area contributed by atoms with Gasteiger partial charge in [0.2, 0.25) is 0 Å². The first kappa shape index (κ1) is 13.3. The molecule has 0 unspecified atom stereocenters. The molecule has 4 heteroatoms. The van der Waals surface area contributed by atoms with Crippen molar-refractivity contribution in [1.82, 2.24) is 9.97 Å². The highest BCUT2D eigenvalue weighted by Gasteiger charge is 2.17. The van der Waals surface area contributed by atoms with Crippen LogP contribution in [0.4, 0.5) is 5.82 Å². The van der Waals surface area contributed by atoms with Crippen LogP contribution in [0.1, 0.15) is 31.3 Å². The predicted molar refractivity (Wildman–Crippen MR) is 73.0 cm³/mol. The Balaban J connectivity index is 2.02. The smallest absolute Gasteiger partial charge is 0.132 e. The van der Waals surface area contributed by atoms with Gasteiger partial charge >= 0.3 is 0 Å². The molecule has 0 bridgehead atoms. The van der Waals surface area contributed by atoms with Crippen molar-refractivity contribution >= 4 is 5.82 Å². The molecule has 0 aliphatic carbocycles. The van der Waals surface area contributed by atoms with Crippen LogP contribution in [0.15, 0.2) is 6.07 Å². The second kappa shape index (κ2) is 6.14. The highest BCUT2D eigenvalue weighted by atomic mass is 16.5. The van der Waals surface area contributed by atoms with Crippen molar-refractivity contribution in [1.29, 1.82) is 0 Å². The zero-order valence-corrected chi connectivity index (χ0v) is 11.6. The molecular formula is C14H23N3O. The molecule has 100 valence electrons. The van der Waals surface area contributed by atoms with Crippen LogP contribution in [-0.2, 0) is 11.2 Å². The Bertz CT molecular complexity index is 389. The SMILES string of the molecule is CCc1cc(N(C)CC2CCOCC2)nc(C)n1. The van der Waals surface area contributed by atoms with Gasteiger partial charge in [0, 0.05) is 38.6 Å². The lowest BCUT2D eigenvalue weighted by molar-refractivity contribution is 0.0685. The van der Waals surface area contributed by atoms with Crippen LogP contribution in [0, 0.1) is 12.8 Å². The summed E-state index contributed by atoms with van der Waals surface area (Å²) in [6.45, 7) is 6.96. The van der Waals surface area contributed by atoms with Crippen LogP contribution < -0.4 is 4.90 Å². The average Bonchev–Trinajstić information content (AvgIpc) is 2.39. The van der Waals surface area contributed by atoms with Gasteiger partial charge in [0.15, 0.2) is 0 Å². The minimum absolute atomic E-state index is 0.726. The lowest BCUT2D eigenvalue weighted by atomic mass is 10.00. The lowest BCUT2D eigenvalue weighted by Crippen LogP contribution is -2.30. The van der Waals surface area contributed by atoms with Crippen molar-refractivity contribution < 1.29 is 4.74 Å². The zero-order valence-electron chi connectivity index (χ0n) is 11.6. The second-order valence-corrected chi connectivity index (χ2v) is 5.05. The van der Waals surface area contributed by atoms with Gasteiger partial charge in [-0.3, -0.25) is 0 Å². The van der Waals surface area contributed by atoms with Crippen LogP contribution in [0.25, 0.3) is 0 Å². The number of hydrogen-bond acceptors (Lipinski definition) is 4. The number of nitrogens with zero attached hydrogens (tertiary/aromatic N) is 3. The van der Waals surface area contributed by atoms with Gasteiger partial charge in [-0.1, -0.05) is 6.92 Å². The third kappa shape index (κ3) is 3.42. The number of anilines is 1. The number of rotatable bonds is 4. The molecule has 0 amide bonds. The molecule has 0 spiro atoms. The van der Waals surface area contributed by atoms with Crippen molar-refractivity contribution in [3.8, 4) is 0 Å². The fourth-order valence-electron chi connectivity index (χ4n) is 2.40. The van der Waals surface area contributed by atoms with Gasteiger partial charge in [-0.15, -0.1) is 0 Å². The third-order valence-electron chi connectivity index (χ3n) is 3.50. The summed E-state index contributed by atoms with van der Waals surface area (Å²) >= 11 is 0. The van der Waals surface area contributed by atoms with Crippen LogP contribution in [0.2, 0.25) is 0 Å². The van der Waals surface area contributed by atoms with Gasteiger partial charge in [-0.2, -0.15) is 0 Å². The van der Waals surface area contributed by atoms with E-state index in [4.69, 9.17) is 4.74 Å². The van der Waals surface area contributed by atoms with E-state index in [2.05, 4.69) is 34.9 Å². The molecule has 0 atom stereocenters. The van der Waals surface area contributed by atoms with E-state index < -0.39 is 0 Å². The number of hydrogen-bond donors (Lipinski definition) is 0. The molecule has 0 N–H and O–H groups in total. The minimum atomic E-state index is 0.726. The fraction of sp³-hybridized carbons (Fsp3) is 0.714. The van der Waals surface area contributed by atoms with Gasteiger partial charge in [-0.05, 0) is 32.1 Å². The Hall–Kier alpha value is -1.16. The molecule has 1 aliphatic heterocycles. The lowest BCUT2D eigenvalue weighted by Gasteiger charge is -2.28. The van der Waals surface area contributed by atoms with Crippen molar-refractivity contribution in [2.24, 2.45) is 5.92 Å². The third-order valence-corrected chi connectivity index (χ3v) is 3.50. The van der Waals surface area contributed by atoms with Gasteiger partial charge in [-0.25, -0.2) is 9.97 Å². The molecule has 0 saturated carbocycles. The van der Waals surface area contributed by atoms with Crippen LogP contribution in [-0.4, -0.2) is 36.8 Å². The monoisotopic (exact) mass is 249 g/mol. The maximum atomic E-state index is 5.40. The number of aryl methyl sites for hydroxylation is 2. The Morgan fingerprint density at radius 2 is 2.06 bits per heavy atom. The zero-order chi connectivity index (χ0) is 13.0. The van der Waals surface area contributed by atoms with Crippen molar-refractivity contribution in [2.75, 3.05) is 31.7 Å². The van der Waals surface area contributed by atoms with E-state index in [0.717, 1.165) is 62.3 Å². The molecular weight excluding hydrogens is 226 g/mol. The number of aromatic nitrogens is 2. The summed E-state index contributed by atoms with van der Waals surface area (Å²) in [7, 11) is 2.12. The van der Waals surface area contributed by atoms with Gasteiger partial charge in [0.1, 0.15) is 11.6 Å². The Morgan fingerprint density at radius 1 is 1.33 bits per heavy atom. The fourth-order valence-corrected chi connectivity index (χ4v) is 2.40. The molecule has 1 aliphatic rings. The Labute approximate surface area is 109 Å². The summed E-state index contributed by atoms with van der Waals surface area (Å²) in [5.74, 6) is 2.64. The van der Waals surface area contributed by atoms with Crippen molar-refractivity contribution in [2.45, 2.75) is 33.1 Å². The van der Waals surface area contributed by atoms with E-state index in [0.29, 0.717) is 0 Å². The van der Waals surface area contributed by atoms with E-state index in [1.807, 2.05) is 6.92 Å². The first-order chi connectivity index (χ1) is 8.69. The van der Waals surface area contributed by atoms with Gasteiger partial charge in [0.05, 0.1) is 0 Å². The van der Waals surface area contributed by atoms with Crippen molar-refractivity contribution in [3.63, 3.8) is 0 Å². The normalized spacial score (nSPS) is 16.8. The number of ether oxygens (including phenoxy) is 1. The highest BCUT2D eigenvalue weighted by molar-refractivity contribution is 5.38. The Morgan fingerprint density at radius 3 is 2.72 bits per heavy atom. The molecule has 0 radical (unpaired) electrons. The summed E-state index contributed by atoms with van der Waals surface area (Å²) in [5.41, 5.74) is 1.12. The van der Waals surface area contributed by atoms with Crippen molar-refractivity contribution in [3.05, 3.63) is 17.6 Å². The summed E-state index contributed by atoms with van der Waals surface area (Å²) < 4.78 is 5.40. The van der Waals surface area contributed by atoms with Gasteiger partial charge in [0.25, 0.3) is 0 Å². The molecule has 18 heavy (non-hydrogen) atoms. The summed E-state index contributed by atoms with van der Waals surface area (Å²) in [6, 6.07) is 2.10. The second-order valence-electron chi connectivity index (χ2n) is 5.05. The molecule has 4 nitrogen and oxygen atoms in total. The maximum absolute atomic E-state index is 5.40. The largest absolute Gasteiger partial charge is 0.381 e. The summed E-state index contributed by atoms with van der Waals surface area (Å²) in [6.07, 6.45) is 3.28. The average molecular weight is 249 g/mol. The summed E-state index contributed by atoms with van der Waals surface area (Å²) in [4.78, 5) is 11.2. The van der Waals surface area contributed by atoms with E-state index in [9.17, 15) is 0 Å². The molecule has 2 rings (SSSR count). The van der Waals surface area contributed by atoms with Gasteiger partial charge < -0.3 is 9.64 Å². The summed E-state index contributed by atoms with van der Waals surface area (Å²) in [5, 5.41) is 0. The van der Waals surface area contributed by atoms with E-state index in [1.165, 1.54) is 0 Å². The molecule has 1 saturated heterocycles. The quantitative estimate of drug-likeness (QED) is 0.820. The first-order valence-electron chi connectivity index (χ1n) is 6.82. The standard InChI is InChI=1S/C14H23N3O/c1-4-13-9-14(16-11(2)15-13)17(3)10-12-5-7-18-8-6-12/h9,12H,4-8,10H2,1-3H3. The topological polar surface area (TPSA) is 38.2 Å².